The Morgan fingerprint density at radius 3 is 2.47 bits per heavy atom. The van der Waals surface area contributed by atoms with Gasteiger partial charge in [-0.1, -0.05) is 29.8 Å². The molecule has 0 unspecified atom stereocenters. The first-order valence-corrected chi connectivity index (χ1v) is 13.6. The summed E-state index contributed by atoms with van der Waals surface area (Å²) in [6.45, 7) is 1.29. The van der Waals surface area contributed by atoms with Crippen LogP contribution in [0.1, 0.15) is 23.8 Å². The molecule has 0 radical (unpaired) electrons. The molecule has 1 N–H and O–H groups in total. The average molecular weight is 549 g/mol. The van der Waals surface area contributed by atoms with Gasteiger partial charge in [0, 0.05) is 30.9 Å². The van der Waals surface area contributed by atoms with Gasteiger partial charge in [0.2, 0.25) is 0 Å². The van der Waals surface area contributed by atoms with Crippen LogP contribution in [0.25, 0.3) is 21.8 Å². The highest BCUT2D eigenvalue weighted by molar-refractivity contribution is 7.92. The average Bonchev–Trinajstić information content (AvgIpc) is 3.31. The van der Waals surface area contributed by atoms with E-state index in [1.807, 2.05) is 0 Å². The third kappa shape index (κ3) is 4.83. The number of nitrogens with zero attached hydrogens (tertiary/aromatic N) is 3. The molecular formula is C24H19ClF2N4O3S2. The molecule has 0 spiro atoms. The van der Waals surface area contributed by atoms with Crippen molar-refractivity contribution >= 4 is 38.6 Å². The molecule has 0 amide bonds. The fourth-order valence-electron chi connectivity index (χ4n) is 3.97. The van der Waals surface area contributed by atoms with Crippen LogP contribution >= 0.6 is 22.9 Å². The monoisotopic (exact) mass is 548 g/mol. The summed E-state index contributed by atoms with van der Waals surface area (Å²) in [5, 5.41) is 0.939. The Bertz CT molecular complexity index is 1490. The van der Waals surface area contributed by atoms with Crippen molar-refractivity contribution in [2.75, 3.05) is 17.9 Å². The van der Waals surface area contributed by atoms with Gasteiger partial charge in [-0.05, 0) is 37.1 Å². The maximum absolute atomic E-state index is 14.2. The minimum Gasteiger partial charge on any atom is -0.381 e. The summed E-state index contributed by atoms with van der Waals surface area (Å²) in [6, 6.07) is 9.30. The second kappa shape index (κ2) is 10.2. The summed E-state index contributed by atoms with van der Waals surface area (Å²) in [4.78, 5) is 12.9. The quantitative estimate of drug-likeness (QED) is 0.323. The van der Waals surface area contributed by atoms with Crippen LogP contribution < -0.4 is 4.72 Å². The lowest BCUT2D eigenvalue weighted by Crippen LogP contribution is -2.16. The lowest BCUT2D eigenvalue weighted by Gasteiger charge is -2.19. The number of aromatic nitrogens is 3. The van der Waals surface area contributed by atoms with Gasteiger partial charge in [0.15, 0.2) is 4.90 Å². The van der Waals surface area contributed by atoms with Crippen LogP contribution in [0.15, 0.2) is 59.9 Å². The van der Waals surface area contributed by atoms with Gasteiger partial charge in [-0.3, -0.25) is 4.72 Å². The van der Waals surface area contributed by atoms with Crippen LogP contribution in [0.3, 0.4) is 0 Å². The molecule has 4 aromatic rings. The fraction of sp³-hybridized carbons (Fsp3) is 0.208. The lowest BCUT2D eigenvalue weighted by molar-refractivity contribution is 0.0853. The van der Waals surface area contributed by atoms with Crippen molar-refractivity contribution in [3.63, 3.8) is 0 Å². The molecule has 3 heterocycles. The molecule has 186 valence electrons. The molecule has 0 aliphatic carbocycles. The summed E-state index contributed by atoms with van der Waals surface area (Å²) in [7, 11) is -4.61. The van der Waals surface area contributed by atoms with E-state index in [1.54, 1.807) is 24.4 Å². The largest absolute Gasteiger partial charge is 0.381 e. The van der Waals surface area contributed by atoms with E-state index in [0.29, 0.717) is 30.2 Å². The molecule has 2 aromatic heterocycles. The normalized spacial score (nSPS) is 14.6. The van der Waals surface area contributed by atoms with Gasteiger partial charge >= 0.3 is 0 Å². The van der Waals surface area contributed by atoms with Crippen molar-refractivity contribution in [2.45, 2.75) is 23.7 Å². The Labute approximate surface area is 215 Å². The van der Waals surface area contributed by atoms with Gasteiger partial charge in [0.25, 0.3) is 10.0 Å². The van der Waals surface area contributed by atoms with E-state index in [-0.39, 0.29) is 16.6 Å². The number of halogens is 3. The van der Waals surface area contributed by atoms with Crippen molar-refractivity contribution < 1.29 is 21.9 Å². The van der Waals surface area contributed by atoms with Crippen molar-refractivity contribution in [2.24, 2.45) is 0 Å². The van der Waals surface area contributed by atoms with E-state index in [9.17, 15) is 17.2 Å². The molecule has 7 nitrogen and oxygen atoms in total. The Morgan fingerprint density at radius 2 is 1.78 bits per heavy atom. The van der Waals surface area contributed by atoms with Gasteiger partial charge in [0.05, 0.1) is 32.0 Å². The van der Waals surface area contributed by atoms with Crippen LogP contribution in [0.2, 0.25) is 5.02 Å². The lowest BCUT2D eigenvalue weighted by atomic mass is 10.0. The third-order valence-corrected chi connectivity index (χ3v) is 8.78. The predicted molar refractivity (Wildman–Crippen MR) is 134 cm³/mol. The van der Waals surface area contributed by atoms with Gasteiger partial charge in [-0.25, -0.2) is 32.2 Å². The van der Waals surface area contributed by atoms with Gasteiger partial charge in [-0.2, -0.15) is 0 Å². The highest BCUT2D eigenvalue weighted by Gasteiger charge is 2.27. The van der Waals surface area contributed by atoms with Crippen molar-refractivity contribution in [3.8, 4) is 21.8 Å². The molecule has 5 rings (SSSR count). The summed E-state index contributed by atoms with van der Waals surface area (Å²) in [5.41, 5.74) is 1.59. The molecule has 1 aliphatic rings. The number of benzene rings is 2. The van der Waals surface area contributed by atoms with Crippen molar-refractivity contribution in [3.05, 3.63) is 76.7 Å². The smallest absolute Gasteiger partial charge is 0.267 e. The number of thiazole rings is 1. The standard InChI is InChI=1S/C24H19ClF2N4O3S2/c25-20-15(3-1-6-18(20)31-36(32,33)23-16(26)4-2-5-17(23)27)21-22(19-7-10-28-13-29-19)35-24(30-21)14-8-11-34-12-9-14/h1-7,10,13-14,31H,8-9,11-12H2. The van der Waals surface area contributed by atoms with Crippen LogP contribution in [0, 0.1) is 11.6 Å². The molecule has 0 saturated carbocycles. The zero-order valence-electron chi connectivity index (χ0n) is 18.6. The number of anilines is 1. The Hall–Kier alpha value is -2.99. The van der Waals surface area contributed by atoms with E-state index < -0.39 is 26.6 Å². The molecule has 1 saturated heterocycles. The SMILES string of the molecule is O=S(=O)(Nc1cccc(-c2nc(C3CCOCC3)sc2-c2ccncn2)c1Cl)c1c(F)cccc1F. The minimum absolute atomic E-state index is 0.0360. The fourth-order valence-corrected chi connectivity index (χ4v) is 6.72. The number of hydrogen-bond donors (Lipinski definition) is 1. The molecule has 12 heteroatoms. The summed E-state index contributed by atoms with van der Waals surface area (Å²) >= 11 is 8.16. The molecular weight excluding hydrogens is 530 g/mol. The predicted octanol–water partition coefficient (Wildman–Crippen LogP) is 5.89. The number of ether oxygens (including phenoxy) is 1. The maximum atomic E-state index is 14.2. The molecule has 1 aliphatic heterocycles. The zero-order valence-corrected chi connectivity index (χ0v) is 21.0. The molecule has 1 fully saturated rings. The van der Waals surface area contributed by atoms with Crippen LogP contribution in [0.4, 0.5) is 14.5 Å². The summed E-state index contributed by atoms with van der Waals surface area (Å²) in [6.07, 6.45) is 4.72. The van der Waals surface area contributed by atoms with Crippen LogP contribution in [-0.2, 0) is 14.8 Å². The zero-order chi connectivity index (χ0) is 25.3. The first-order chi connectivity index (χ1) is 17.3. The van der Waals surface area contributed by atoms with E-state index in [4.69, 9.17) is 21.3 Å². The van der Waals surface area contributed by atoms with E-state index >= 15 is 0 Å². The number of nitrogens with one attached hydrogen (secondary N) is 1. The first-order valence-electron chi connectivity index (χ1n) is 11.0. The van der Waals surface area contributed by atoms with E-state index in [1.165, 1.54) is 23.7 Å². The van der Waals surface area contributed by atoms with Gasteiger partial charge < -0.3 is 4.74 Å². The van der Waals surface area contributed by atoms with Gasteiger partial charge in [0.1, 0.15) is 18.0 Å². The highest BCUT2D eigenvalue weighted by atomic mass is 35.5. The molecule has 36 heavy (non-hydrogen) atoms. The van der Waals surface area contributed by atoms with Crippen LogP contribution in [-0.4, -0.2) is 36.6 Å². The van der Waals surface area contributed by atoms with Crippen molar-refractivity contribution in [1.82, 2.24) is 15.0 Å². The third-order valence-electron chi connectivity index (χ3n) is 5.71. The highest BCUT2D eigenvalue weighted by Crippen LogP contribution is 2.44. The molecule has 0 bridgehead atoms. The second-order valence-electron chi connectivity index (χ2n) is 8.03. The Kier molecular flexibility index (Phi) is 6.98. The second-order valence-corrected chi connectivity index (χ2v) is 11.1. The topological polar surface area (TPSA) is 94.1 Å². The number of sulfonamides is 1. The summed E-state index contributed by atoms with van der Waals surface area (Å²) < 4.78 is 61.8. The van der Waals surface area contributed by atoms with E-state index in [2.05, 4.69) is 14.7 Å². The minimum atomic E-state index is -4.61. The van der Waals surface area contributed by atoms with E-state index in [0.717, 1.165) is 40.9 Å². The number of hydrogen-bond acceptors (Lipinski definition) is 7. The Balaban J connectivity index is 1.59. The molecule has 0 atom stereocenters. The Morgan fingerprint density at radius 1 is 1.06 bits per heavy atom. The summed E-state index contributed by atoms with van der Waals surface area (Å²) in [5.74, 6) is -2.20. The van der Waals surface area contributed by atoms with Crippen molar-refractivity contribution in [1.29, 1.82) is 0 Å². The van der Waals surface area contributed by atoms with Crippen LogP contribution in [0.5, 0.6) is 0 Å². The van der Waals surface area contributed by atoms with Gasteiger partial charge in [-0.15, -0.1) is 11.3 Å². The first kappa shape index (κ1) is 24.7. The number of rotatable bonds is 6. The molecule has 2 aromatic carbocycles. The maximum Gasteiger partial charge on any atom is 0.267 e.